The molecule has 5 nitrogen and oxygen atoms in total. The number of nitrogens with zero attached hydrogens (tertiary/aromatic N) is 2. The quantitative estimate of drug-likeness (QED) is 0.158. The Morgan fingerprint density at radius 1 is 1.08 bits per heavy atom. The Morgan fingerprint density at radius 3 is 2.63 bits per heavy atom. The number of benzene rings is 2. The summed E-state index contributed by atoms with van der Waals surface area (Å²) in [5.74, 6) is -0.271. The van der Waals surface area contributed by atoms with E-state index in [9.17, 15) is 22.8 Å². The Kier molecular flexibility index (Phi) is 9.35. The zero-order chi connectivity index (χ0) is 27.1. The van der Waals surface area contributed by atoms with E-state index in [-0.39, 0.29) is 11.8 Å². The monoisotopic (exact) mass is 575 g/mol. The molecule has 2 heterocycles. The summed E-state index contributed by atoms with van der Waals surface area (Å²) in [6.45, 7) is 0.504. The van der Waals surface area contributed by atoms with Crippen LogP contribution in [0, 0.1) is 0 Å². The van der Waals surface area contributed by atoms with E-state index in [1.165, 1.54) is 29.2 Å². The van der Waals surface area contributed by atoms with Crippen molar-refractivity contribution in [3.05, 3.63) is 87.3 Å². The summed E-state index contributed by atoms with van der Waals surface area (Å²) < 4.78 is 39.3. The average Bonchev–Trinajstić information content (AvgIpc) is 3.42. The van der Waals surface area contributed by atoms with Crippen molar-refractivity contribution in [2.24, 2.45) is 0 Å². The first-order valence-corrected chi connectivity index (χ1v) is 13.9. The summed E-state index contributed by atoms with van der Waals surface area (Å²) in [5.41, 5.74) is 0.784. The molecule has 11 heteroatoms. The number of unbranched alkanes of at least 4 members (excludes halogenated alkanes) is 2. The topological polar surface area (TPSA) is 62.3 Å². The van der Waals surface area contributed by atoms with E-state index < -0.39 is 11.7 Å². The number of thiazole rings is 1. The van der Waals surface area contributed by atoms with Gasteiger partial charge in [0.15, 0.2) is 5.13 Å². The summed E-state index contributed by atoms with van der Waals surface area (Å²) in [6.07, 6.45) is 1.73. The summed E-state index contributed by atoms with van der Waals surface area (Å²) in [6, 6.07) is 14.8. The lowest BCUT2D eigenvalue weighted by Crippen LogP contribution is -2.29. The largest absolute Gasteiger partial charge is 0.416 e. The number of thioether (sulfide) groups is 1. The number of carbonyl (C=O) groups is 2. The van der Waals surface area contributed by atoms with Crippen LogP contribution in [0.15, 0.2) is 65.7 Å². The van der Waals surface area contributed by atoms with Gasteiger partial charge in [-0.05, 0) is 36.1 Å². The number of rotatable bonds is 10. The number of halogens is 3. The molecule has 3 aromatic rings. The van der Waals surface area contributed by atoms with E-state index in [1.807, 2.05) is 36.4 Å². The molecule has 1 fully saturated rings. The summed E-state index contributed by atoms with van der Waals surface area (Å²) >= 11 is 7.92. The number of aromatic nitrogens is 1. The molecule has 1 saturated heterocycles. The molecule has 1 aliphatic heterocycles. The van der Waals surface area contributed by atoms with Crippen molar-refractivity contribution < 1.29 is 22.8 Å². The zero-order valence-corrected chi connectivity index (χ0v) is 22.6. The molecular weight excluding hydrogens is 552 g/mol. The van der Waals surface area contributed by atoms with Crippen molar-refractivity contribution >= 4 is 62.7 Å². The summed E-state index contributed by atoms with van der Waals surface area (Å²) in [7, 11) is 0. The molecule has 0 saturated carbocycles. The van der Waals surface area contributed by atoms with Gasteiger partial charge in [0.25, 0.3) is 5.91 Å². The van der Waals surface area contributed by atoms with E-state index >= 15 is 0 Å². The second kappa shape index (κ2) is 12.7. The van der Waals surface area contributed by atoms with Gasteiger partial charge < -0.3 is 5.32 Å². The van der Waals surface area contributed by atoms with Crippen molar-refractivity contribution in [1.29, 1.82) is 0 Å². The van der Waals surface area contributed by atoms with E-state index in [1.54, 1.807) is 17.2 Å². The van der Waals surface area contributed by atoms with Crippen LogP contribution in [-0.4, -0.2) is 32.6 Å². The average molecular weight is 576 g/mol. The van der Waals surface area contributed by atoms with Crippen LogP contribution in [0.2, 0.25) is 0 Å². The highest BCUT2D eigenvalue weighted by Gasteiger charge is 2.31. The van der Waals surface area contributed by atoms with E-state index in [0.29, 0.717) is 45.7 Å². The van der Waals surface area contributed by atoms with Crippen LogP contribution in [0.1, 0.15) is 47.3 Å². The standard InChI is InChI=1S/C27H24F3N3O2S3/c28-27(29,30)20-11-7-10-19(14-20)15-21-17-31-25(37-21)32-23(34)12-5-2-6-13-33-24(35)22(38-26(33)36)16-18-8-3-1-4-9-18/h1,3-4,7-11,14,16-17H,2,5-6,12-13,15H2,(H,31,32,34)/b22-16-. The molecule has 0 bridgehead atoms. The van der Waals surface area contributed by atoms with Crippen molar-refractivity contribution in [2.75, 3.05) is 11.9 Å². The lowest BCUT2D eigenvalue weighted by molar-refractivity contribution is -0.137. The molecule has 0 atom stereocenters. The van der Waals surface area contributed by atoms with Crippen molar-refractivity contribution in [2.45, 2.75) is 38.3 Å². The molecule has 0 aliphatic carbocycles. The van der Waals surface area contributed by atoms with Crippen LogP contribution in [-0.2, 0) is 22.2 Å². The van der Waals surface area contributed by atoms with Crippen LogP contribution in [0.4, 0.5) is 18.3 Å². The molecule has 198 valence electrons. The SMILES string of the molecule is O=C(CCCCCN1C(=O)/C(=C/c2ccccc2)SC1=S)Nc1ncc(Cc2cccc(C(F)(F)F)c2)s1. The molecule has 1 N–H and O–H groups in total. The Hall–Kier alpha value is -3.02. The minimum absolute atomic E-state index is 0.0914. The van der Waals surface area contributed by atoms with Gasteiger partial charge in [0.1, 0.15) is 4.32 Å². The first-order chi connectivity index (χ1) is 18.2. The molecule has 1 aliphatic rings. The van der Waals surface area contributed by atoms with Gasteiger partial charge in [-0.25, -0.2) is 4.98 Å². The van der Waals surface area contributed by atoms with Crippen LogP contribution >= 0.6 is 35.3 Å². The normalized spacial score (nSPS) is 14.9. The molecular formula is C27H24F3N3O2S3. The number of thiocarbonyl (C=S) groups is 1. The summed E-state index contributed by atoms with van der Waals surface area (Å²) in [5, 5.41) is 3.17. The highest BCUT2D eigenvalue weighted by atomic mass is 32.2. The summed E-state index contributed by atoms with van der Waals surface area (Å²) in [4.78, 5) is 32.2. The molecule has 0 radical (unpaired) electrons. The third kappa shape index (κ3) is 7.75. The minimum atomic E-state index is -4.39. The Morgan fingerprint density at radius 2 is 1.87 bits per heavy atom. The molecule has 0 unspecified atom stereocenters. The molecule has 4 rings (SSSR count). The maximum atomic E-state index is 12.9. The lowest BCUT2D eigenvalue weighted by Gasteiger charge is -2.14. The predicted octanol–water partition coefficient (Wildman–Crippen LogP) is 7.15. The van der Waals surface area contributed by atoms with Crippen LogP contribution in [0.25, 0.3) is 6.08 Å². The fraction of sp³-hybridized carbons (Fsp3) is 0.259. The number of anilines is 1. The van der Waals surface area contributed by atoms with Crippen LogP contribution in [0.5, 0.6) is 0 Å². The Balaban J connectivity index is 1.18. The second-order valence-electron chi connectivity index (χ2n) is 8.61. The van der Waals surface area contributed by atoms with E-state index in [0.717, 1.165) is 35.4 Å². The van der Waals surface area contributed by atoms with Gasteiger partial charge >= 0.3 is 6.18 Å². The number of hydrogen-bond donors (Lipinski definition) is 1. The zero-order valence-electron chi connectivity index (χ0n) is 20.2. The van der Waals surface area contributed by atoms with Gasteiger partial charge in [0.05, 0.1) is 10.5 Å². The smallest absolute Gasteiger partial charge is 0.302 e. The van der Waals surface area contributed by atoms with Crippen molar-refractivity contribution in [3.8, 4) is 0 Å². The first kappa shape index (κ1) is 28.0. The first-order valence-electron chi connectivity index (χ1n) is 11.9. The van der Waals surface area contributed by atoms with Crippen LogP contribution < -0.4 is 5.32 Å². The maximum absolute atomic E-state index is 12.9. The van der Waals surface area contributed by atoms with Gasteiger partial charge in [-0.3, -0.25) is 14.5 Å². The Labute approximate surface area is 232 Å². The molecule has 1 aromatic heterocycles. The van der Waals surface area contributed by atoms with Gasteiger partial charge in [0.2, 0.25) is 5.91 Å². The molecule has 2 aromatic carbocycles. The number of nitrogens with one attached hydrogen (secondary N) is 1. The molecule has 2 amide bonds. The fourth-order valence-corrected chi connectivity index (χ4v) is 5.98. The van der Waals surface area contributed by atoms with Gasteiger partial charge in [0, 0.05) is 30.5 Å². The van der Waals surface area contributed by atoms with E-state index in [2.05, 4.69) is 10.3 Å². The van der Waals surface area contributed by atoms with E-state index in [4.69, 9.17) is 12.2 Å². The highest BCUT2D eigenvalue weighted by molar-refractivity contribution is 8.26. The third-order valence-corrected chi connectivity index (χ3v) is 7.98. The van der Waals surface area contributed by atoms with Gasteiger partial charge in [-0.15, -0.1) is 11.3 Å². The fourth-order valence-electron chi connectivity index (χ4n) is 3.81. The molecule has 0 spiro atoms. The minimum Gasteiger partial charge on any atom is -0.302 e. The number of carbonyl (C=O) groups excluding carboxylic acids is 2. The van der Waals surface area contributed by atoms with Crippen molar-refractivity contribution in [3.63, 3.8) is 0 Å². The van der Waals surface area contributed by atoms with Gasteiger partial charge in [-0.1, -0.05) is 78.9 Å². The lowest BCUT2D eigenvalue weighted by atomic mass is 10.1. The number of alkyl halides is 3. The number of hydrogen-bond acceptors (Lipinski definition) is 6. The van der Waals surface area contributed by atoms with Crippen LogP contribution in [0.3, 0.4) is 0 Å². The number of amides is 2. The second-order valence-corrected chi connectivity index (χ2v) is 11.4. The van der Waals surface area contributed by atoms with Gasteiger partial charge in [-0.2, -0.15) is 13.2 Å². The Bertz CT molecular complexity index is 1340. The third-order valence-electron chi connectivity index (χ3n) is 5.69. The maximum Gasteiger partial charge on any atom is 0.416 e. The van der Waals surface area contributed by atoms with Crippen molar-refractivity contribution in [1.82, 2.24) is 9.88 Å². The predicted molar refractivity (Wildman–Crippen MR) is 150 cm³/mol. The highest BCUT2D eigenvalue weighted by Crippen LogP contribution is 2.33. The molecule has 38 heavy (non-hydrogen) atoms.